The van der Waals surface area contributed by atoms with E-state index in [9.17, 15) is 47.4 Å². The molecule has 0 saturated heterocycles. The number of benzene rings is 2. The molecule has 2 aromatic rings. The zero-order valence-electron chi connectivity index (χ0n) is 43.3. The average Bonchev–Trinajstić information content (AvgIpc) is 3.31. The standard InChI is InChI=1S/2C24H38O4.C4H6O7S.2Na/c2*1-3-5-7-9-11-15-19-27-23(25)21-17-13-14-18-22(21)24(26)28-20-16-12-10-8-6-4-2;5-3(6)1-2(4(7)8)12(9,10)11;;/h2*13-14,17-18H,3-12,15-16,19-20H2,1-2H3;2H,1H2,(H,5,6)(H,7,8)(H,9,10,11);;/q;;;2*+1/p-2. The predicted octanol–water partition coefficient (Wildman–Crippen LogP) is 3.58. The van der Waals surface area contributed by atoms with Gasteiger partial charge in [0.25, 0.3) is 10.1 Å². The van der Waals surface area contributed by atoms with Crippen LogP contribution in [0, 0.1) is 0 Å². The Bertz CT molecular complexity index is 1630. The first kappa shape index (κ1) is 71.4. The van der Waals surface area contributed by atoms with Gasteiger partial charge in [0.2, 0.25) is 0 Å². The molecule has 70 heavy (non-hydrogen) atoms. The van der Waals surface area contributed by atoms with E-state index < -0.39 is 57.6 Å². The van der Waals surface area contributed by atoms with E-state index in [4.69, 9.17) is 23.5 Å². The van der Waals surface area contributed by atoms with E-state index in [2.05, 4.69) is 27.7 Å². The zero-order chi connectivity index (χ0) is 50.8. The van der Waals surface area contributed by atoms with Crippen LogP contribution in [0.1, 0.15) is 230 Å². The summed E-state index contributed by atoms with van der Waals surface area (Å²) >= 11 is 0. The van der Waals surface area contributed by atoms with Gasteiger partial charge in [0.1, 0.15) is 5.25 Å². The van der Waals surface area contributed by atoms with Gasteiger partial charge in [-0.2, -0.15) is 8.42 Å². The maximum absolute atomic E-state index is 12.4. The molecule has 18 heteroatoms. The summed E-state index contributed by atoms with van der Waals surface area (Å²) in [4.78, 5) is 69.1. The first-order valence-corrected chi connectivity index (χ1v) is 26.4. The molecule has 0 aromatic heterocycles. The Morgan fingerprint density at radius 1 is 0.429 bits per heavy atom. The van der Waals surface area contributed by atoms with Crippen molar-refractivity contribution in [2.24, 2.45) is 0 Å². The topological polar surface area (TPSA) is 240 Å². The minimum absolute atomic E-state index is 0. The molecule has 2 rings (SSSR count). The number of carboxylic acids is 2. The second kappa shape index (κ2) is 47.2. The molecule has 15 nitrogen and oxygen atoms in total. The van der Waals surface area contributed by atoms with Gasteiger partial charge >= 0.3 is 83.0 Å². The van der Waals surface area contributed by atoms with Crippen molar-refractivity contribution in [2.75, 3.05) is 26.4 Å². The summed E-state index contributed by atoms with van der Waals surface area (Å²) in [5.41, 5.74) is 1.17. The van der Waals surface area contributed by atoms with Crippen molar-refractivity contribution in [1.29, 1.82) is 0 Å². The van der Waals surface area contributed by atoms with Crippen LogP contribution in [-0.4, -0.2) is 80.5 Å². The molecule has 0 saturated carbocycles. The van der Waals surface area contributed by atoms with E-state index in [1.54, 1.807) is 48.5 Å². The predicted molar refractivity (Wildman–Crippen MR) is 257 cm³/mol. The van der Waals surface area contributed by atoms with Crippen molar-refractivity contribution in [3.8, 4) is 0 Å². The molecule has 0 bridgehead atoms. The molecule has 0 amide bonds. The fourth-order valence-electron chi connectivity index (χ4n) is 6.64. The van der Waals surface area contributed by atoms with E-state index in [0.717, 1.165) is 51.4 Å². The fourth-order valence-corrected chi connectivity index (χ4v) is 7.23. The van der Waals surface area contributed by atoms with Crippen LogP contribution in [-0.2, 0) is 38.7 Å². The van der Waals surface area contributed by atoms with E-state index in [-0.39, 0.29) is 59.1 Å². The Kier molecular flexibility index (Phi) is 48.1. The molecule has 0 radical (unpaired) electrons. The number of hydrogen-bond donors (Lipinski definition) is 1. The number of unbranched alkanes of at least 4 members (excludes halogenated alkanes) is 20. The summed E-state index contributed by atoms with van der Waals surface area (Å²) < 4.78 is 49.9. The molecular formula is C52H80Na2O15S. The third kappa shape index (κ3) is 37.0. The first-order chi connectivity index (χ1) is 32.7. The SMILES string of the molecule is CCCCCCCCOC(=O)c1ccccc1C(=O)OCCCCCCCC.CCCCCCCCOC(=O)c1ccccc1C(=O)OCCCCCCCC.O=C([O-])CC(C(=O)[O-])S(=O)(=O)O.[Na+].[Na+]. The molecule has 386 valence electrons. The molecule has 2 aromatic carbocycles. The molecule has 0 heterocycles. The third-order valence-corrected chi connectivity index (χ3v) is 11.7. The van der Waals surface area contributed by atoms with Crippen LogP contribution in [0.2, 0.25) is 0 Å². The molecule has 0 spiro atoms. The summed E-state index contributed by atoms with van der Waals surface area (Å²) in [5.74, 6) is -5.86. The van der Waals surface area contributed by atoms with E-state index in [1.165, 1.54) is 103 Å². The van der Waals surface area contributed by atoms with Crippen LogP contribution in [0.3, 0.4) is 0 Å². The van der Waals surface area contributed by atoms with Crippen LogP contribution in [0.5, 0.6) is 0 Å². The van der Waals surface area contributed by atoms with Gasteiger partial charge in [-0.25, -0.2) is 19.2 Å². The maximum Gasteiger partial charge on any atom is 1.00 e. The van der Waals surface area contributed by atoms with Gasteiger partial charge in [0, 0.05) is 12.4 Å². The van der Waals surface area contributed by atoms with Crippen molar-refractivity contribution in [3.63, 3.8) is 0 Å². The van der Waals surface area contributed by atoms with Gasteiger partial charge in [-0.3, -0.25) is 4.55 Å². The summed E-state index contributed by atoms with van der Waals surface area (Å²) in [6.07, 6.45) is 25.9. The second-order valence-corrected chi connectivity index (χ2v) is 18.2. The van der Waals surface area contributed by atoms with Gasteiger partial charge < -0.3 is 38.7 Å². The number of rotatable bonds is 36. The normalized spacial score (nSPS) is 10.9. The molecule has 0 aliphatic heterocycles. The Morgan fingerprint density at radius 2 is 0.643 bits per heavy atom. The van der Waals surface area contributed by atoms with E-state index in [1.807, 2.05) is 0 Å². The Balaban J connectivity index is -0.00000102. The quantitative estimate of drug-likeness (QED) is 0.0338. The van der Waals surface area contributed by atoms with E-state index >= 15 is 0 Å². The Hall–Kier alpha value is -2.83. The van der Waals surface area contributed by atoms with Crippen molar-refractivity contribution in [3.05, 3.63) is 70.8 Å². The number of esters is 4. The van der Waals surface area contributed by atoms with Crippen molar-refractivity contribution in [2.45, 2.75) is 193 Å². The number of carbonyl (C=O) groups excluding carboxylic acids is 6. The summed E-state index contributed by atoms with van der Waals surface area (Å²) in [7, 11) is -4.94. The van der Waals surface area contributed by atoms with Crippen LogP contribution in [0.25, 0.3) is 0 Å². The van der Waals surface area contributed by atoms with Crippen LogP contribution in [0.4, 0.5) is 0 Å². The number of carbonyl (C=O) groups is 6. The minimum Gasteiger partial charge on any atom is -0.550 e. The van der Waals surface area contributed by atoms with Crippen molar-refractivity contribution >= 4 is 45.9 Å². The fraction of sp³-hybridized carbons (Fsp3) is 0.654. The number of aliphatic carboxylic acids is 2. The van der Waals surface area contributed by atoms with E-state index in [0.29, 0.717) is 48.7 Å². The molecule has 1 unspecified atom stereocenters. The molecule has 0 aliphatic rings. The van der Waals surface area contributed by atoms with Crippen LogP contribution in [0.15, 0.2) is 48.5 Å². The molecule has 1 atom stereocenters. The summed E-state index contributed by atoms with van der Waals surface area (Å²) in [5, 5.41) is 17.3. The van der Waals surface area contributed by atoms with Crippen molar-refractivity contribution in [1.82, 2.24) is 0 Å². The van der Waals surface area contributed by atoms with Crippen LogP contribution >= 0.6 is 0 Å². The largest absolute Gasteiger partial charge is 1.00 e. The maximum atomic E-state index is 12.4. The second-order valence-electron chi connectivity index (χ2n) is 16.6. The van der Waals surface area contributed by atoms with Crippen LogP contribution < -0.4 is 69.3 Å². The molecule has 0 fully saturated rings. The van der Waals surface area contributed by atoms with Gasteiger partial charge in [-0.05, 0) is 49.9 Å². The number of ether oxygens (including phenoxy) is 4. The number of hydrogen-bond acceptors (Lipinski definition) is 14. The third-order valence-electron chi connectivity index (χ3n) is 10.6. The molecular weight excluding hydrogens is 943 g/mol. The Morgan fingerprint density at radius 3 is 0.814 bits per heavy atom. The van der Waals surface area contributed by atoms with Gasteiger partial charge in [-0.1, -0.05) is 180 Å². The van der Waals surface area contributed by atoms with Gasteiger partial charge in [0.05, 0.1) is 54.7 Å². The molecule has 1 N–H and O–H groups in total. The molecule has 0 aliphatic carbocycles. The Labute approximate surface area is 463 Å². The first-order valence-electron chi connectivity index (χ1n) is 24.9. The number of carboxylic acid groups (broad SMARTS) is 2. The van der Waals surface area contributed by atoms with Crippen molar-refractivity contribution < 1.29 is 130 Å². The summed E-state index contributed by atoms with van der Waals surface area (Å²) in [6, 6.07) is 13.5. The average molecular weight is 1020 g/mol. The summed E-state index contributed by atoms with van der Waals surface area (Å²) in [6.45, 7) is 10.3. The van der Waals surface area contributed by atoms with Gasteiger partial charge in [-0.15, -0.1) is 0 Å². The zero-order valence-corrected chi connectivity index (χ0v) is 48.1. The monoisotopic (exact) mass is 1020 g/mol. The minimum atomic E-state index is -4.94. The smallest absolute Gasteiger partial charge is 0.550 e. The van der Waals surface area contributed by atoms with Gasteiger partial charge in [0.15, 0.2) is 0 Å².